The van der Waals surface area contributed by atoms with Crippen LogP contribution in [0.3, 0.4) is 0 Å². The summed E-state index contributed by atoms with van der Waals surface area (Å²) >= 11 is 1.84. The SMILES string of the molecule is c1ccc(-c2ccc(N(c3ccc(-c4cc5ccccc5s4)cc3)c3ccc(-n4c5ccccc5c5cc6c(cc54)oc4ccccc46)cc3)cc2)cc1. The van der Waals surface area contributed by atoms with Crippen molar-refractivity contribution in [3.63, 3.8) is 0 Å². The summed E-state index contributed by atoms with van der Waals surface area (Å²) in [5, 5.41) is 6.01. The third-order valence-electron chi connectivity index (χ3n) is 10.6. The van der Waals surface area contributed by atoms with Gasteiger partial charge in [-0.2, -0.15) is 0 Å². The fourth-order valence-corrected chi connectivity index (χ4v) is 9.06. The van der Waals surface area contributed by atoms with E-state index in [4.69, 9.17) is 4.42 Å². The molecule has 0 atom stereocenters. The van der Waals surface area contributed by atoms with E-state index >= 15 is 0 Å². The summed E-state index contributed by atoms with van der Waals surface area (Å²) in [6.07, 6.45) is 0. The number of hydrogen-bond donors (Lipinski definition) is 0. The fourth-order valence-electron chi connectivity index (χ4n) is 8.00. The normalized spacial score (nSPS) is 11.7. The van der Waals surface area contributed by atoms with Gasteiger partial charge in [-0.25, -0.2) is 0 Å². The zero-order chi connectivity index (χ0) is 35.6. The molecule has 254 valence electrons. The van der Waals surface area contributed by atoms with Gasteiger partial charge in [0.1, 0.15) is 11.2 Å². The van der Waals surface area contributed by atoms with Gasteiger partial charge in [-0.1, -0.05) is 109 Å². The third-order valence-corrected chi connectivity index (χ3v) is 11.8. The van der Waals surface area contributed by atoms with Crippen LogP contribution < -0.4 is 4.90 Å². The van der Waals surface area contributed by atoms with Gasteiger partial charge in [0.2, 0.25) is 0 Å². The molecule has 0 unspecified atom stereocenters. The van der Waals surface area contributed by atoms with Crippen LogP contribution in [0.4, 0.5) is 17.1 Å². The summed E-state index contributed by atoms with van der Waals surface area (Å²) in [5.74, 6) is 0. The molecule has 0 radical (unpaired) electrons. The zero-order valence-corrected chi connectivity index (χ0v) is 30.0. The average Bonchev–Trinajstić information content (AvgIpc) is 3.93. The second-order valence-corrected chi connectivity index (χ2v) is 14.9. The first-order valence-corrected chi connectivity index (χ1v) is 19.1. The number of benzene rings is 8. The lowest BCUT2D eigenvalue weighted by Crippen LogP contribution is -2.10. The molecule has 0 fully saturated rings. The monoisotopic (exact) mass is 708 g/mol. The Hall–Kier alpha value is -6.88. The molecule has 0 N–H and O–H groups in total. The first-order valence-electron chi connectivity index (χ1n) is 18.2. The number of para-hydroxylation sites is 2. The van der Waals surface area contributed by atoms with Gasteiger partial charge in [0.25, 0.3) is 0 Å². The number of hydrogen-bond acceptors (Lipinski definition) is 3. The Bertz CT molecular complexity index is 3100. The molecule has 11 rings (SSSR count). The van der Waals surface area contributed by atoms with E-state index in [1.807, 2.05) is 23.5 Å². The van der Waals surface area contributed by atoms with E-state index in [2.05, 4.69) is 191 Å². The lowest BCUT2D eigenvalue weighted by atomic mass is 10.0. The average molecular weight is 709 g/mol. The number of fused-ring (bicyclic) bond motifs is 7. The van der Waals surface area contributed by atoms with Crippen LogP contribution in [0, 0.1) is 0 Å². The van der Waals surface area contributed by atoms with E-state index in [1.54, 1.807) is 0 Å². The van der Waals surface area contributed by atoms with E-state index in [1.165, 1.54) is 47.9 Å². The number of thiophene rings is 1. The van der Waals surface area contributed by atoms with Gasteiger partial charge in [-0.05, 0) is 101 Å². The Morgan fingerprint density at radius 1 is 0.407 bits per heavy atom. The maximum absolute atomic E-state index is 6.37. The van der Waals surface area contributed by atoms with E-state index in [0.717, 1.165) is 50.2 Å². The van der Waals surface area contributed by atoms with E-state index < -0.39 is 0 Å². The number of rotatable bonds is 6. The Balaban J connectivity index is 1.02. The molecule has 3 aromatic heterocycles. The molecule has 54 heavy (non-hydrogen) atoms. The molecule has 0 spiro atoms. The number of aromatic nitrogens is 1. The largest absolute Gasteiger partial charge is 0.456 e. The maximum Gasteiger partial charge on any atom is 0.137 e. The first-order chi connectivity index (χ1) is 26.7. The van der Waals surface area contributed by atoms with Crippen molar-refractivity contribution in [3.8, 4) is 27.3 Å². The highest BCUT2D eigenvalue weighted by Crippen LogP contribution is 2.41. The molecule has 0 bridgehead atoms. The molecule has 3 heterocycles. The number of nitrogens with zero attached hydrogens (tertiary/aromatic N) is 2. The van der Waals surface area contributed by atoms with Gasteiger partial charge in [0.05, 0.1) is 11.0 Å². The summed E-state index contributed by atoms with van der Waals surface area (Å²) in [4.78, 5) is 3.62. The smallest absolute Gasteiger partial charge is 0.137 e. The Kier molecular flexibility index (Phi) is 7.04. The van der Waals surface area contributed by atoms with Gasteiger partial charge < -0.3 is 13.9 Å². The summed E-state index contributed by atoms with van der Waals surface area (Å²) in [5.41, 5.74) is 12.1. The van der Waals surface area contributed by atoms with E-state index in [0.29, 0.717) is 0 Å². The fraction of sp³-hybridized carbons (Fsp3) is 0. The van der Waals surface area contributed by atoms with Crippen molar-refractivity contribution >= 4 is 82.2 Å². The van der Waals surface area contributed by atoms with Crippen LogP contribution in [-0.2, 0) is 0 Å². The molecule has 8 aromatic carbocycles. The molecule has 0 aliphatic carbocycles. The topological polar surface area (TPSA) is 21.3 Å². The molecular formula is C50H32N2OS. The van der Waals surface area contributed by atoms with Crippen molar-refractivity contribution in [2.75, 3.05) is 4.90 Å². The molecule has 0 aliphatic heterocycles. The van der Waals surface area contributed by atoms with Crippen molar-refractivity contribution in [1.29, 1.82) is 0 Å². The lowest BCUT2D eigenvalue weighted by molar-refractivity contribution is 0.669. The molecule has 0 aliphatic rings. The van der Waals surface area contributed by atoms with Crippen molar-refractivity contribution in [3.05, 3.63) is 194 Å². The van der Waals surface area contributed by atoms with Gasteiger partial charge in [0.15, 0.2) is 0 Å². The summed E-state index contributed by atoms with van der Waals surface area (Å²) in [7, 11) is 0. The van der Waals surface area contributed by atoms with Crippen LogP contribution in [0.2, 0.25) is 0 Å². The molecule has 4 heteroatoms. The highest BCUT2D eigenvalue weighted by Gasteiger charge is 2.18. The molecule has 0 saturated heterocycles. The number of anilines is 3. The molecule has 3 nitrogen and oxygen atoms in total. The maximum atomic E-state index is 6.37. The molecule has 0 amide bonds. The highest BCUT2D eigenvalue weighted by atomic mass is 32.1. The highest BCUT2D eigenvalue weighted by molar-refractivity contribution is 7.22. The van der Waals surface area contributed by atoms with Gasteiger partial charge in [-0.15, -0.1) is 11.3 Å². The Morgan fingerprint density at radius 3 is 1.78 bits per heavy atom. The predicted molar refractivity (Wildman–Crippen MR) is 229 cm³/mol. The third kappa shape index (κ3) is 5.03. The summed E-state index contributed by atoms with van der Waals surface area (Å²) < 4.78 is 10.0. The first kappa shape index (κ1) is 30.7. The van der Waals surface area contributed by atoms with Gasteiger partial charge in [-0.3, -0.25) is 0 Å². The standard InChI is InChI=1S/C50H32N2OS/c1-2-10-33(11-3-1)34-18-22-37(23-19-34)51(38-24-20-35(21-25-38)50-30-36-12-4-9-17-49(36)54-50)39-26-28-40(29-27-39)52-45-15-7-5-13-41(45)43-31-44-42-14-6-8-16-47(42)53-48(44)32-46(43)52/h1-32H. The van der Waals surface area contributed by atoms with Crippen LogP contribution >= 0.6 is 11.3 Å². The van der Waals surface area contributed by atoms with Crippen LogP contribution in [0.25, 0.3) is 81.1 Å². The van der Waals surface area contributed by atoms with E-state index in [9.17, 15) is 0 Å². The number of furan rings is 1. The van der Waals surface area contributed by atoms with E-state index in [-0.39, 0.29) is 0 Å². The second kappa shape index (κ2) is 12.4. The quantitative estimate of drug-likeness (QED) is 0.171. The van der Waals surface area contributed by atoms with Crippen molar-refractivity contribution in [2.24, 2.45) is 0 Å². The van der Waals surface area contributed by atoms with Crippen LogP contribution in [0.1, 0.15) is 0 Å². The lowest BCUT2D eigenvalue weighted by Gasteiger charge is -2.26. The summed E-state index contributed by atoms with van der Waals surface area (Å²) in [6, 6.07) is 69.7. The minimum atomic E-state index is 0.897. The minimum absolute atomic E-state index is 0.897. The summed E-state index contributed by atoms with van der Waals surface area (Å²) in [6.45, 7) is 0. The van der Waals surface area contributed by atoms with Crippen molar-refractivity contribution < 1.29 is 4.42 Å². The van der Waals surface area contributed by atoms with Crippen LogP contribution in [-0.4, -0.2) is 4.57 Å². The second-order valence-electron chi connectivity index (χ2n) is 13.8. The van der Waals surface area contributed by atoms with Gasteiger partial charge in [0, 0.05) is 59.9 Å². The van der Waals surface area contributed by atoms with Gasteiger partial charge >= 0.3 is 0 Å². The predicted octanol–water partition coefficient (Wildman–Crippen LogP) is 14.7. The van der Waals surface area contributed by atoms with Crippen LogP contribution in [0.15, 0.2) is 199 Å². The molecule has 11 aromatic rings. The Labute approximate surface area is 316 Å². The molecule has 0 saturated carbocycles. The van der Waals surface area contributed by atoms with Crippen LogP contribution in [0.5, 0.6) is 0 Å². The Morgan fingerprint density at radius 2 is 1.02 bits per heavy atom. The van der Waals surface area contributed by atoms with Crippen molar-refractivity contribution in [2.45, 2.75) is 0 Å². The minimum Gasteiger partial charge on any atom is -0.456 e. The van der Waals surface area contributed by atoms with Crippen molar-refractivity contribution in [1.82, 2.24) is 4.57 Å². The molecular weight excluding hydrogens is 677 g/mol. The zero-order valence-electron chi connectivity index (χ0n) is 29.2.